The molecule has 0 unspecified atom stereocenters. The zero-order chi connectivity index (χ0) is 20.0. The van der Waals surface area contributed by atoms with Crippen LogP contribution in [0.1, 0.15) is 36.6 Å². The summed E-state index contributed by atoms with van der Waals surface area (Å²) in [6.07, 6.45) is -4.15. The lowest BCUT2D eigenvalue weighted by atomic mass is 10.1. The molecular formula is C19H22F3N3OS. The van der Waals surface area contributed by atoms with E-state index in [1.54, 1.807) is 11.8 Å². The van der Waals surface area contributed by atoms with E-state index in [2.05, 4.69) is 29.1 Å². The van der Waals surface area contributed by atoms with Gasteiger partial charge < -0.3 is 5.32 Å². The molecule has 1 aromatic carbocycles. The van der Waals surface area contributed by atoms with Crippen LogP contribution in [0.2, 0.25) is 0 Å². The smallest absolute Gasteiger partial charge is 0.355 e. The van der Waals surface area contributed by atoms with Crippen molar-refractivity contribution in [2.24, 2.45) is 0 Å². The first-order valence-electron chi connectivity index (χ1n) is 8.57. The molecule has 8 heteroatoms. The molecule has 1 amide bonds. The van der Waals surface area contributed by atoms with Gasteiger partial charge in [-0.05, 0) is 30.7 Å². The maximum absolute atomic E-state index is 12.8. The molecule has 0 bridgehead atoms. The van der Waals surface area contributed by atoms with Crippen molar-refractivity contribution in [2.75, 3.05) is 6.54 Å². The number of carbonyl (C=O) groups excluding carboxylic acids is 1. The Balaban J connectivity index is 1.85. The van der Waals surface area contributed by atoms with Crippen molar-refractivity contribution in [2.45, 2.75) is 49.9 Å². The summed E-state index contributed by atoms with van der Waals surface area (Å²) < 4.78 is 38.3. The standard InChI is InChI=1S/C19H22F3N3OS/c1-12(2)27-15-6-4-14(5-7-15)11-18(26)23-9-8-17-24-13(3)10-16(25-17)19(20,21)22/h4-7,10,12H,8-9,11H2,1-3H3,(H,23,26). The highest BCUT2D eigenvalue weighted by Gasteiger charge is 2.33. The van der Waals surface area contributed by atoms with Gasteiger partial charge in [0.2, 0.25) is 5.91 Å². The third kappa shape index (κ3) is 7.21. The fraction of sp³-hybridized carbons (Fsp3) is 0.421. The van der Waals surface area contributed by atoms with E-state index in [1.165, 1.54) is 6.92 Å². The zero-order valence-electron chi connectivity index (χ0n) is 15.4. The summed E-state index contributed by atoms with van der Waals surface area (Å²) in [7, 11) is 0. The molecule has 2 aromatic rings. The Hall–Kier alpha value is -2.09. The molecule has 0 fully saturated rings. The molecule has 27 heavy (non-hydrogen) atoms. The van der Waals surface area contributed by atoms with Crippen LogP contribution in [-0.4, -0.2) is 27.7 Å². The van der Waals surface area contributed by atoms with E-state index in [-0.39, 0.29) is 36.8 Å². The van der Waals surface area contributed by atoms with Crippen molar-refractivity contribution >= 4 is 17.7 Å². The van der Waals surface area contributed by atoms with E-state index < -0.39 is 11.9 Å². The summed E-state index contributed by atoms with van der Waals surface area (Å²) in [6.45, 7) is 5.89. The summed E-state index contributed by atoms with van der Waals surface area (Å²) >= 11 is 1.75. The fourth-order valence-corrected chi connectivity index (χ4v) is 3.24. The van der Waals surface area contributed by atoms with Gasteiger partial charge in [-0.2, -0.15) is 13.2 Å². The average Bonchev–Trinajstić information content (AvgIpc) is 2.55. The quantitative estimate of drug-likeness (QED) is 0.712. The Morgan fingerprint density at radius 3 is 2.44 bits per heavy atom. The predicted octanol–water partition coefficient (Wildman–Crippen LogP) is 4.21. The molecule has 0 aliphatic heterocycles. The van der Waals surface area contributed by atoms with Crippen LogP contribution in [0.4, 0.5) is 13.2 Å². The van der Waals surface area contributed by atoms with Crippen LogP contribution in [0.3, 0.4) is 0 Å². The SMILES string of the molecule is Cc1cc(C(F)(F)F)nc(CCNC(=O)Cc2ccc(SC(C)C)cc2)n1. The Labute approximate surface area is 161 Å². The number of benzene rings is 1. The van der Waals surface area contributed by atoms with Crippen LogP contribution >= 0.6 is 11.8 Å². The number of rotatable bonds is 7. The minimum Gasteiger partial charge on any atom is -0.355 e. The second kappa shape index (κ2) is 9.21. The second-order valence-electron chi connectivity index (χ2n) is 6.40. The van der Waals surface area contributed by atoms with Crippen LogP contribution in [0, 0.1) is 6.92 Å². The largest absolute Gasteiger partial charge is 0.433 e. The molecule has 1 heterocycles. The summed E-state index contributed by atoms with van der Waals surface area (Å²) in [4.78, 5) is 20.7. The molecule has 0 aliphatic rings. The molecular weight excluding hydrogens is 375 g/mol. The minimum absolute atomic E-state index is 0.0673. The zero-order valence-corrected chi connectivity index (χ0v) is 16.2. The van der Waals surface area contributed by atoms with Gasteiger partial charge in [-0.3, -0.25) is 4.79 Å². The number of nitrogens with zero attached hydrogens (tertiary/aromatic N) is 2. The van der Waals surface area contributed by atoms with E-state index >= 15 is 0 Å². The van der Waals surface area contributed by atoms with E-state index in [4.69, 9.17) is 0 Å². The number of alkyl halides is 3. The molecule has 146 valence electrons. The highest BCUT2D eigenvalue weighted by atomic mass is 32.2. The number of thioether (sulfide) groups is 1. The molecule has 0 saturated heterocycles. The molecule has 0 radical (unpaired) electrons. The lowest BCUT2D eigenvalue weighted by Gasteiger charge is -2.10. The summed E-state index contributed by atoms with van der Waals surface area (Å²) in [6, 6.07) is 8.68. The number of carbonyl (C=O) groups is 1. The Morgan fingerprint density at radius 2 is 1.85 bits per heavy atom. The third-order valence-corrected chi connectivity index (χ3v) is 4.54. The van der Waals surface area contributed by atoms with Gasteiger partial charge in [0.05, 0.1) is 6.42 Å². The van der Waals surface area contributed by atoms with Crippen LogP contribution in [0.25, 0.3) is 0 Å². The van der Waals surface area contributed by atoms with Crippen molar-refractivity contribution in [3.8, 4) is 0 Å². The number of amides is 1. The monoisotopic (exact) mass is 397 g/mol. The second-order valence-corrected chi connectivity index (χ2v) is 8.05. The Kier molecular flexibility index (Phi) is 7.24. The van der Waals surface area contributed by atoms with Crippen LogP contribution < -0.4 is 5.32 Å². The van der Waals surface area contributed by atoms with Crippen molar-refractivity contribution in [1.29, 1.82) is 0 Å². The molecule has 2 rings (SSSR count). The van der Waals surface area contributed by atoms with E-state index in [0.29, 0.717) is 5.25 Å². The topological polar surface area (TPSA) is 54.9 Å². The number of hydrogen-bond acceptors (Lipinski definition) is 4. The van der Waals surface area contributed by atoms with Crippen molar-refractivity contribution in [3.05, 3.63) is 53.1 Å². The number of halogens is 3. The molecule has 4 nitrogen and oxygen atoms in total. The third-order valence-electron chi connectivity index (χ3n) is 3.52. The molecule has 0 spiro atoms. The van der Waals surface area contributed by atoms with E-state index in [9.17, 15) is 18.0 Å². The average molecular weight is 397 g/mol. The van der Waals surface area contributed by atoms with Crippen LogP contribution in [-0.2, 0) is 23.8 Å². The van der Waals surface area contributed by atoms with Gasteiger partial charge in [-0.1, -0.05) is 26.0 Å². The van der Waals surface area contributed by atoms with Gasteiger partial charge in [-0.25, -0.2) is 9.97 Å². The first kappa shape index (κ1) is 21.2. The van der Waals surface area contributed by atoms with Gasteiger partial charge in [0.15, 0.2) is 0 Å². The number of aromatic nitrogens is 2. The van der Waals surface area contributed by atoms with Gasteiger partial charge in [0.25, 0.3) is 0 Å². The molecule has 0 atom stereocenters. The molecule has 1 N–H and O–H groups in total. The maximum atomic E-state index is 12.8. The van der Waals surface area contributed by atoms with E-state index in [0.717, 1.165) is 16.5 Å². The minimum atomic E-state index is -4.51. The van der Waals surface area contributed by atoms with Crippen molar-refractivity contribution in [3.63, 3.8) is 0 Å². The predicted molar refractivity (Wildman–Crippen MR) is 99.6 cm³/mol. The van der Waals surface area contributed by atoms with E-state index in [1.807, 2.05) is 24.3 Å². The van der Waals surface area contributed by atoms with Crippen molar-refractivity contribution in [1.82, 2.24) is 15.3 Å². The van der Waals surface area contributed by atoms with Gasteiger partial charge in [-0.15, -0.1) is 11.8 Å². The van der Waals surface area contributed by atoms with Gasteiger partial charge >= 0.3 is 6.18 Å². The first-order valence-corrected chi connectivity index (χ1v) is 9.45. The fourth-order valence-electron chi connectivity index (χ4n) is 2.41. The first-order chi connectivity index (χ1) is 12.6. The highest BCUT2D eigenvalue weighted by Crippen LogP contribution is 2.27. The number of aryl methyl sites for hydroxylation is 1. The maximum Gasteiger partial charge on any atom is 0.433 e. The van der Waals surface area contributed by atoms with Crippen molar-refractivity contribution < 1.29 is 18.0 Å². The summed E-state index contributed by atoms with van der Waals surface area (Å²) in [5.74, 6) is -0.124. The van der Waals surface area contributed by atoms with Crippen LogP contribution in [0.15, 0.2) is 35.2 Å². The lowest BCUT2D eigenvalue weighted by molar-refractivity contribution is -0.141. The number of hydrogen-bond donors (Lipinski definition) is 1. The Bertz CT molecular complexity index is 777. The summed E-state index contributed by atoms with van der Waals surface area (Å²) in [5.41, 5.74) is 0.167. The Morgan fingerprint density at radius 1 is 1.19 bits per heavy atom. The number of nitrogens with one attached hydrogen (secondary N) is 1. The molecule has 1 aromatic heterocycles. The normalized spacial score (nSPS) is 11.7. The molecule has 0 aliphatic carbocycles. The molecule has 0 saturated carbocycles. The van der Waals surface area contributed by atoms with Gasteiger partial charge in [0.1, 0.15) is 11.5 Å². The van der Waals surface area contributed by atoms with Gasteiger partial charge in [0, 0.05) is 28.8 Å². The van der Waals surface area contributed by atoms with Crippen LogP contribution in [0.5, 0.6) is 0 Å². The summed E-state index contributed by atoms with van der Waals surface area (Å²) in [5, 5.41) is 3.19. The highest BCUT2D eigenvalue weighted by molar-refractivity contribution is 7.99. The lowest BCUT2D eigenvalue weighted by Crippen LogP contribution is -2.28.